The maximum Gasteiger partial charge on any atom is 0.279 e. The maximum atomic E-state index is 12.4. The van der Waals surface area contributed by atoms with Crippen molar-refractivity contribution in [3.8, 4) is 0 Å². The van der Waals surface area contributed by atoms with Gasteiger partial charge in [0.25, 0.3) is 5.91 Å². The second-order valence-corrected chi connectivity index (χ2v) is 7.15. The van der Waals surface area contributed by atoms with Crippen LogP contribution in [0.5, 0.6) is 0 Å². The van der Waals surface area contributed by atoms with E-state index in [0.717, 1.165) is 24.2 Å². The zero-order valence-corrected chi connectivity index (χ0v) is 14.2. The van der Waals surface area contributed by atoms with Crippen LogP contribution in [-0.4, -0.2) is 19.0 Å². The molecule has 2 heterocycles. The molecule has 2 N–H and O–H groups in total. The lowest BCUT2D eigenvalue weighted by Gasteiger charge is -2.30. The van der Waals surface area contributed by atoms with Gasteiger partial charge in [0.05, 0.1) is 6.54 Å². The van der Waals surface area contributed by atoms with Gasteiger partial charge in [0, 0.05) is 22.5 Å². The van der Waals surface area contributed by atoms with Gasteiger partial charge in [-0.3, -0.25) is 4.79 Å². The normalized spacial score (nSPS) is 20.5. The summed E-state index contributed by atoms with van der Waals surface area (Å²) in [5.41, 5.74) is 4.72. The summed E-state index contributed by atoms with van der Waals surface area (Å²) in [6.07, 6.45) is 1.09. The highest BCUT2D eigenvalue weighted by Gasteiger charge is 2.29. The number of quaternary nitrogens is 1. The third-order valence-electron chi connectivity index (χ3n) is 4.80. The molecule has 1 aromatic carbocycles. The van der Waals surface area contributed by atoms with Gasteiger partial charge in [-0.05, 0) is 49.4 Å². The van der Waals surface area contributed by atoms with Crippen LogP contribution in [0.15, 0.2) is 29.6 Å². The van der Waals surface area contributed by atoms with Crippen LogP contribution in [-0.2, 0) is 11.2 Å². The van der Waals surface area contributed by atoms with Gasteiger partial charge in [-0.15, -0.1) is 11.3 Å². The average molecular weight is 315 g/mol. The van der Waals surface area contributed by atoms with Crippen molar-refractivity contribution in [3.63, 3.8) is 0 Å². The quantitative estimate of drug-likeness (QED) is 0.896. The molecule has 0 saturated carbocycles. The number of thiophene rings is 1. The fourth-order valence-electron chi connectivity index (χ4n) is 3.18. The molecule has 0 aliphatic carbocycles. The predicted molar refractivity (Wildman–Crippen MR) is 91.7 cm³/mol. The number of amides is 1. The predicted octanol–water partition coefficient (Wildman–Crippen LogP) is 2.51. The molecule has 2 atom stereocenters. The Labute approximate surface area is 136 Å². The molecular formula is C18H23N2OS+. The van der Waals surface area contributed by atoms with E-state index < -0.39 is 0 Å². The molecule has 4 heteroatoms. The summed E-state index contributed by atoms with van der Waals surface area (Å²) < 4.78 is 0. The van der Waals surface area contributed by atoms with Gasteiger partial charge >= 0.3 is 0 Å². The molecule has 116 valence electrons. The van der Waals surface area contributed by atoms with Gasteiger partial charge < -0.3 is 10.2 Å². The second-order valence-electron chi connectivity index (χ2n) is 6.15. The van der Waals surface area contributed by atoms with Gasteiger partial charge in [-0.25, -0.2) is 0 Å². The molecule has 1 unspecified atom stereocenters. The molecular weight excluding hydrogens is 292 g/mol. The van der Waals surface area contributed by atoms with E-state index in [1.165, 1.54) is 20.9 Å². The number of fused-ring (bicyclic) bond motifs is 1. The molecule has 22 heavy (non-hydrogen) atoms. The van der Waals surface area contributed by atoms with Crippen LogP contribution in [0.4, 0.5) is 5.69 Å². The van der Waals surface area contributed by atoms with E-state index in [9.17, 15) is 4.79 Å². The first-order valence-electron chi connectivity index (χ1n) is 7.83. The molecule has 1 amide bonds. The number of nitrogens with one attached hydrogen (secondary N) is 2. The number of rotatable bonds is 3. The minimum Gasteiger partial charge on any atom is -0.321 e. The highest BCUT2D eigenvalue weighted by molar-refractivity contribution is 7.10. The molecule has 0 bridgehead atoms. The minimum absolute atomic E-state index is 0.106. The first-order chi connectivity index (χ1) is 10.6. The minimum atomic E-state index is 0.106. The first-order valence-corrected chi connectivity index (χ1v) is 8.71. The van der Waals surface area contributed by atoms with Crippen molar-refractivity contribution in [3.05, 3.63) is 51.2 Å². The number of hydrogen-bond acceptors (Lipinski definition) is 2. The number of aryl methyl sites for hydroxylation is 1. The molecule has 1 aliphatic rings. The zero-order valence-electron chi connectivity index (χ0n) is 13.4. The highest BCUT2D eigenvalue weighted by atomic mass is 32.1. The van der Waals surface area contributed by atoms with Crippen LogP contribution in [0.25, 0.3) is 0 Å². The monoisotopic (exact) mass is 315 g/mol. The van der Waals surface area contributed by atoms with Crippen LogP contribution in [0, 0.1) is 13.8 Å². The van der Waals surface area contributed by atoms with Crippen molar-refractivity contribution < 1.29 is 9.69 Å². The van der Waals surface area contributed by atoms with E-state index in [4.69, 9.17) is 0 Å². The maximum absolute atomic E-state index is 12.4. The molecule has 0 radical (unpaired) electrons. The Hall–Kier alpha value is -1.65. The zero-order chi connectivity index (χ0) is 15.7. The van der Waals surface area contributed by atoms with E-state index in [1.807, 2.05) is 23.5 Å². The van der Waals surface area contributed by atoms with Crippen LogP contribution in [0.3, 0.4) is 0 Å². The smallest absolute Gasteiger partial charge is 0.279 e. The molecule has 3 rings (SSSR count). The van der Waals surface area contributed by atoms with E-state index in [-0.39, 0.29) is 5.91 Å². The van der Waals surface area contributed by atoms with Crippen LogP contribution >= 0.6 is 11.3 Å². The summed E-state index contributed by atoms with van der Waals surface area (Å²) in [5, 5.41) is 5.25. The topological polar surface area (TPSA) is 33.5 Å². The Balaban J connectivity index is 1.67. The van der Waals surface area contributed by atoms with E-state index in [1.54, 1.807) is 0 Å². The lowest BCUT2D eigenvalue weighted by atomic mass is 10.0. The third-order valence-corrected chi connectivity index (χ3v) is 5.79. The van der Waals surface area contributed by atoms with Crippen molar-refractivity contribution in [2.24, 2.45) is 0 Å². The lowest BCUT2D eigenvalue weighted by molar-refractivity contribution is -0.923. The van der Waals surface area contributed by atoms with Crippen molar-refractivity contribution in [2.75, 3.05) is 18.4 Å². The third kappa shape index (κ3) is 2.94. The molecule has 0 saturated heterocycles. The number of anilines is 1. The summed E-state index contributed by atoms with van der Waals surface area (Å²) in [6.45, 7) is 7.92. The largest absolute Gasteiger partial charge is 0.321 e. The second kappa shape index (κ2) is 6.23. The SMILES string of the molecule is Cc1cccc(NC(=O)C[NH+]2CCc3sccc3[C@@H]2C)c1C. The van der Waals surface area contributed by atoms with E-state index in [2.05, 4.69) is 43.6 Å². The number of benzene rings is 1. The van der Waals surface area contributed by atoms with Crippen LogP contribution in [0.1, 0.15) is 34.5 Å². The van der Waals surface area contributed by atoms with Gasteiger partial charge in [0.15, 0.2) is 6.54 Å². The van der Waals surface area contributed by atoms with Gasteiger partial charge in [0.2, 0.25) is 0 Å². The number of hydrogen-bond donors (Lipinski definition) is 2. The van der Waals surface area contributed by atoms with Crippen LogP contribution < -0.4 is 10.2 Å². The Bertz CT molecular complexity index is 692. The summed E-state index contributed by atoms with van der Waals surface area (Å²) in [7, 11) is 0. The molecule has 1 aromatic heterocycles. The van der Waals surface area contributed by atoms with Gasteiger partial charge in [-0.1, -0.05) is 12.1 Å². The number of carbonyl (C=O) groups is 1. The summed E-state index contributed by atoms with van der Waals surface area (Å²) in [6, 6.07) is 8.66. The Kier molecular flexibility index (Phi) is 4.32. The van der Waals surface area contributed by atoms with Crippen molar-refractivity contribution in [1.29, 1.82) is 0 Å². The van der Waals surface area contributed by atoms with Gasteiger partial charge in [0.1, 0.15) is 6.04 Å². The summed E-state index contributed by atoms with van der Waals surface area (Å²) >= 11 is 1.84. The van der Waals surface area contributed by atoms with Crippen molar-refractivity contribution in [2.45, 2.75) is 33.2 Å². The molecule has 1 aliphatic heterocycles. The molecule has 0 fully saturated rings. The Morgan fingerprint density at radius 3 is 3.00 bits per heavy atom. The first kappa shape index (κ1) is 15.3. The van der Waals surface area contributed by atoms with E-state index >= 15 is 0 Å². The van der Waals surface area contributed by atoms with Crippen molar-refractivity contribution in [1.82, 2.24) is 0 Å². The average Bonchev–Trinajstić information content (AvgIpc) is 2.96. The summed E-state index contributed by atoms with van der Waals surface area (Å²) in [4.78, 5) is 15.3. The van der Waals surface area contributed by atoms with E-state index in [0.29, 0.717) is 12.6 Å². The summed E-state index contributed by atoms with van der Waals surface area (Å²) in [5.74, 6) is 0.106. The lowest BCUT2D eigenvalue weighted by Crippen LogP contribution is -3.14. The number of carbonyl (C=O) groups excluding carboxylic acids is 1. The molecule has 0 spiro atoms. The fraction of sp³-hybridized carbons (Fsp3) is 0.389. The fourth-order valence-corrected chi connectivity index (χ4v) is 4.16. The standard InChI is InChI=1S/C18H22N2OS/c1-12-5-4-6-16(13(12)2)19-18(21)11-20-9-7-17-15(14(20)3)8-10-22-17/h4-6,8,10,14H,7,9,11H2,1-3H3,(H,19,21)/p+1/t14-/m0/s1. The van der Waals surface area contributed by atoms with Crippen LogP contribution in [0.2, 0.25) is 0 Å². The highest BCUT2D eigenvalue weighted by Crippen LogP contribution is 2.24. The Morgan fingerprint density at radius 2 is 2.18 bits per heavy atom. The van der Waals surface area contributed by atoms with Crippen molar-refractivity contribution >= 4 is 22.9 Å². The molecule has 2 aromatic rings. The Morgan fingerprint density at radius 1 is 1.36 bits per heavy atom. The van der Waals surface area contributed by atoms with Gasteiger partial charge in [-0.2, -0.15) is 0 Å². The molecule has 3 nitrogen and oxygen atoms in total.